The van der Waals surface area contributed by atoms with E-state index in [4.69, 9.17) is 19.0 Å². The van der Waals surface area contributed by atoms with Crippen LogP contribution in [0.15, 0.2) is 34.7 Å². The highest BCUT2D eigenvalue weighted by molar-refractivity contribution is 5.84. The molecule has 1 aromatic carbocycles. The Hall–Kier alpha value is -3.03. The molecule has 0 bridgehead atoms. The average molecular weight is 293 g/mol. The highest BCUT2D eigenvalue weighted by Crippen LogP contribution is 2.31. The fraction of sp³-hybridized carbons (Fsp3) is 0.154. The summed E-state index contributed by atoms with van der Waals surface area (Å²) in [5.41, 5.74) is -0.221. The van der Waals surface area contributed by atoms with Crippen molar-refractivity contribution >= 4 is 11.7 Å². The second-order valence-corrected chi connectivity index (χ2v) is 3.95. The minimum atomic E-state index is -1.20. The van der Waals surface area contributed by atoms with Crippen molar-refractivity contribution in [3.05, 3.63) is 52.0 Å². The van der Waals surface area contributed by atoms with Gasteiger partial charge >= 0.3 is 11.7 Å². The Morgan fingerprint density at radius 1 is 1.38 bits per heavy atom. The van der Waals surface area contributed by atoms with Crippen LogP contribution in [0, 0.1) is 10.1 Å². The molecule has 1 aromatic heterocycles. The minimum absolute atomic E-state index is 0.00706. The normalized spacial score (nSPS) is 10.1. The molecule has 1 N–H and O–H groups in total. The van der Waals surface area contributed by atoms with Crippen LogP contribution < -0.4 is 9.47 Å². The zero-order valence-electron chi connectivity index (χ0n) is 10.9. The SMILES string of the molecule is COc1ccc([N+](=O)[O-])c(OCc2ccc(C(=O)O)o2)c1. The molecule has 8 nitrogen and oxygen atoms in total. The predicted molar refractivity (Wildman–Crippen MR) is 69.6 cm³/mol. The third kappa shape index (κ3) is 3.30. The van der Waals surface area contributed by atoms with Gasteiger partial charge in [0, 0.05) is 12.1 Å². The third-order valence-electron chi connectivity index (χ3n) is 2.61. The number of nitro benzene ring substituents is 1. The number of aromatic carboxylic acids is 1. The van der Waals surface area contributed by atoms with Gasteiger partial charge in [-0.15, -0.1) is 0 Å². The lowest BCUT2D eigenvalue weighted by molar-refractivity contribution is -0.386. The van der Waals surface area contributed by atoms with E-state index in [1.54, 1.807) is 0 Å². The summed E-state index contributed by atoms with van der Waals surface area (Å²) >= 11 is 0. The first-order valence-corrected chi connectivity index (χ1v) is 5.78. The fourth-order valence-electron chi connectivity index (χ4n) is 1.61. The second kappa shape index (κ2) is 5.95. The molecule has 0 aliphatic heterocycles. The van der Waals surface area contributed by atoms with Crippen LogP contribution in [-0.4, -0.2) is 23.1 Å². The van der Waals surface area contributed by atoms with E-state index >= 15 is 0 Å². The number of nitrogens with zero attached hydrogens (tertiary/aromatic N) is 1. The maximum atomic E-state index is 10.9. The predicted octanol–water partition coefficient (Wildman–Crippen LogP) is 2.47. The first-order chi connectivity index (χ1) is 10.0. The number of carbonyl (C=O) groups is 1. The van der Waals surface area contributed by atoms with Crippen LogP contribution in [0.3, 0.4) is 0 Å². The lowest BCUT2D eigenvalue weighted by atomic mass is 10.3. The number of carboxylic acid groups (broad SMARTS) is 1. The molecule has 0 saturated carbocycles. The quantitative estimate of drug-likeness (QED) is 0.643. The third-order valence-corrected chi connectivity index (χ3v) is 2.61. The van der Waals surface area contributed by atoms with Crippen molar-refractivity contribution in [3.8, 4) is 11.5 Å². The molecule has 0 amide bonds. The second-order valence-electron chi connectivity index (χ2n) is 3.95. The van der Waals surface area contributed by atoms with Crippen molar-refractivity contribution in [2.45, 2.75) is 6.61 Å². The van der Waals surface area contributed by atoms with Crippen LogP contribution in [0.4, 0.5) is 5.69 Å². The lowest BCUT2D eigenvalue weighted by Gasteiger charge is -2.07. The Bertz CT molecular complexity index is 677. The van der Waals surface area contributed by atoms with Crippen LogP contribution in [0.5, 0.6) is 11.5 Å². The highest BCUT2D eigenvalue weighted by Gasteiger charge is 2.17. The maximum absolute atomic E-state index is 10.9. The van der Waals surface area contributed by atoms with Crippen LogP contribution in [0.25, 0.3) is 0 Å². The van der Waals surface area contributed by atoms with E-state index in [1.165, 1.54) is 37.4 Å². The summed E-state index contributed by atoms with van der Waals surface area (Å²) in [4.78, 5) is 21.0. The van der Waals surface area contributed by atoms with Gasteiger partial charge in [0.25, 0.3) is 0 Å². The summed E-state index contributed by atoms with van der Waals surface area (Å²) in [5.74, 6) is -0.777. The molecule has 2 aromatic rings. The van der Waals surface area contributed by atoms with Gasteiger partial charge in [-0.1, -0.05) is 0 Å². The van der Waals surface area contributed by atoms with Crippen molar-refractivity contribution in [3.63, 3.8) is 0 Å². The van der Waals surface area contributed by atoms with Crippen molar-refractivity contribution < 1.29 is 28.7 Å². The Kier molecular flexibility index (Phi) is 4.07. The molecule has 0 unspecified atom stereocenters. The molecule has 2 rings (SSSR count). The molecule has 0 spiro atoms. The fourth-order valence-corrected chi connectivity index (χ4v) is 1.61. The zero-order valence-corrected chi connectivity index (χ0v) is 10.9. The largest absolute Gasteiger partial charge is 0.497 e. The molecule has 8 heteroatoms. The number of hydrogen-bond donors (Lipinski definition) is 1. The highest BCUT2D eigenvalue weighted by atomic mass is 16.6. The van der Waals surface area contributed by atoms with E-state index < -0.39 is 10.9 Å². The summed E-state index contributed by atoms with van der Waals surface area (Å²) < 4.78 is 15.3. The van der Waals surface area contributed by atoms with Gasteiger partial charge in [0.05, 0.1) is 12.0 Å². The van der Waals surface area contributed by atoms with Crippen LogP contribution >= 0.6 is 0 Å². The van der Waals surface area contributed by atoms with E-state index in [-0.39, 0.29) is 29.6 Å². The van der Waals surface area contributed by atoms with Crippen LogP contribution in [0.1, 0.15) is 16.3 Å². The van der Waals surface area contributed by atoms with E-state index in [1.807, 2.05) is 0 Å². The van der Waals surface area contributed by atoms with Crippen molar-refractivity contribution in [2.24, 2.45) is 0 Å². The average Bonchev–Trinajstić information content (AvgIpc) is 2.93. The van der Waals surface area contributed by atoms with Gasteiger partial charge in [-0.25, -0.2) is 4.79 Å². The monoisotopic (exact) mass is 293 g/mol. The van der Waals surface area contributed by atoms with Gasteiger partial charge in [0.15, 0.2) is 0 Å². The summed E-state index contributed by atoms with van der Waals surface area (Å²) in [5, 5.41) is 19.6. The number of methoxy groups -OCH3 is 1. The van der Waals surface area contributed by atoms with Gasteiger partial charge in [0.2, 0.25) is 11.5 Å². The number of nitro groups is 1. The van der Waals surface area contributed by atoms with E-state index in [0.717, 1.165) is 0 Å². The Labute approximate surface area is 118 Å². The number of benzene rings is 1. The minimum Gasteiger partial charge on any atom is -0.497 e. The van der Waals surface area contributed by atoms with E-state index in [9.17, 15) is 14.9 Å². The van der Waals surface area contributed by atoms with Crippen molar-refractivity contribution in [1.82, 2.24) is 0 Å². The standard InChI is InChI=1S/C13H11NO7/c1-19-8-2-4-10(14(17)18)12(6-8)20-7-9-3-5-11(21-9)13(15)16/h2-6H,7H2,1H3,(H,15,16). The number of hydrogen-bond acceptors (Lipinski definition) is 6. The van der Waals surface area contributed by atoms with E-state index in [0.29, 0.717) is 5.75 Å². The molecule has 0 aliphatic carbocycles. The van der Waals surface area contributed by atoms with E-state index in [2.05, 4.69) is 0 Å². The summed E-state index contributed by atoms with van der Waals surface area (Å²) in [6.45, 7) is -0.138. The first kappa shape index (κ1) is 14.4. The maximum Gasteiger partial charge on any atom is 0.371 e. The Morgan fingerprint density at radius 3 is 2.71 bits per heavy atom. The van der Waals surface area contributed by atoms with Gasteiger partial charge in [-0.3, -0.25) is 10.1 Å². The first-order valence-electron chi connectivity index (χ1n) is 5.78. The Balaban J connectivity index is 2.17. The molecule has 0 saturated heterocycles. The topological polar surface area (TPSA) is 112 Å². The molecule has 110 valence electrons. The van der Waals surface area contributed by atoms with Crippen molar-refractivity contribution in [1.29, 1.82) is 0 Å². The van der Waals surface area contributed by atoms with Gasteiger partial charge in [0.1, 0.15) is 18.1 Å². The molecule has 0 atom stereocenters. The smallest absolute Gasteiger partial charge is 0.371 e. The number of ether oxygens (including phenoxy) is 2. The molecular weight excluding hydrogens is 282 g/mol. The van der Waals surface area contributed by atoms with Gasteiger partial charge in [-0.05, 0) is 18.2 Å². The molecule has 0 fully saturated rings. The summed E-state index contributed by atoms with van der Waals surface area (Å²) in [6.07, 6.45) is 0. The number of rotatable bonds is 6. The van der Waals surface area contributed by atoms with Crippen LogP contribution in [-0.2, 0) is 6.61 Å². The summed E-state index contributed by atoms with van der Waals surface area (Å²) in [7, 11) is 1.43. The number of furan rings is 1. The molecule has 0 radical (unpaired) electrons. The molecular formula is C13H11NO7. The van der Waals surface area contributed by atoms with Gasteiger partial charge < -0.3 is 19.0 Å². The molecule has 1 heterocycles. The van der Waals surface area contributed by atoms with Crippen LogP contribution in [0.2, 0.25) is 0 Å². The Morgan fingerprint density at radius 2 is 2.14 bits per heavy atom. The summed E-state index contributed by atoms with van der Waals surface area (Å²) in [6, 6.07) is 6.79. The molecule has 21 heavy (non-hydrogen) atoms. The van der Waals surface area contributed by atoms with Gasteiger partial charge in [-0.2, -0.15) is 0 Å². The van der Waals surface area contributed by atoms with Crippen molar-refractivity contribution in [2.75, 3.05) is 7.11 Å². The lowest BCUT2D eigenvalue weighted by Crippen LogP contribution is -1.99. The number of carboxylic acids is 1. The molecule has 0 aliphatic rings. The zero-order chi connectivity index (χ0) is 15.4.